The fourth-order valence-electron chi connectivity index (χ4n) is 2.32. The van der Waals surface area contributed by atoms with Crippen molar-refractivity contribution in [2.24, 2.45) is 0 Å². The van der Waals surface area contributed by atoms with Crippen molar-refractivity contribution in [2.45, 2.75) is 78.1 Å². The van der Waals surface area contributed by atoms with Crippen LogP contribution in [0.4, 0.5) is 0 Å². The van der Waals surface area contributed by atoms with Gasteiger partial charge in [0.15, 0.2) is 5.78 Å². The molecule has 1 nitrogen and oxygen atoms in total. The van der Waals surface area contributed by atoms with Gasteiger partial charge in [0.25, 0.3) is 0 Å². The smallest absolute Gasteiger partial charge is 0.172 e. The minimum absolute atomic E-state index is 0.312. The second kappa shape index (κ2) is 10.6. The van der Waals surface area contributed by atoms with Crippen molar-refractivity contribution in [3.63, 3.8) is 0 Å². The van der Waals surface area contributed by atoms with E-state index in [2.05, 4.69) is 22.9 Å². The molecule has 20 heavy (non-hydrogen) atoms. The normalized spacial score (nSPS) is 10.9. The van der Waals surface area contributed by atoms with Crippen molar-refractivity contribution in [3.8, 4) is 0 Å². The quantitative estimate of drug-likeness (QED) is 0.309. The van der Waals surface area contributed by atoms with E-state index in [1.165, 1.54) is 56.9 Å². The van der Waals surface area contributed by atoms with Gasteiger partial charge in [0.2, 0.25) is 0 Å². The van der Waals surface area contributed by atoms with Crippen molar-refractivity contribution in [3.05, 3.63) is 20.3 Å². The predicted octanol–water partition coefficient (Wildman–Crippen LogP) is 6.92. The Morgan fingerprint density at radius 3 is 2.10 bits per heavy atom. The van der Waals surface area contributed by atoms with Crippen LogP contribution in [-0.2, 0) is 0 Å². The van der Waals surface area contributed by atoms with E-state index in [-0.39, 0.29) is 0 Å². The second-order valence-electron chi connectivity index (χ2n) is 5.57. The third-order valence-corrected chi connectivity index (χ3v) is 5.82. The van der Waals surface area contributed by atoms with Crippen molar-refractivity contribution in [2.75, 3.05) is 0 Å². The molecule has 0 bridgehead atoms. The minimum Gasteiger partial charge on any atom is -0.293 e. The summed E-state index contributed by atoms with van der Waals surface area (Å²) in [7, 11) is 0. The van der Waals surface area contributed by atoms with Gasteiger partial charge >= 0.3 is 0 Å². The molecular formula is C17H27BrOS. The summed E-state index contributed by atoms with van der Waals surface area (Å²) in [5, 5.41) is 0. The number of thiophene rings is 1. The molecule has 1 aromatic heterocycles. The highest BCUT2D eigenvalue weighted by molar-refractivity contribution is 9.11. The standard InChI is InChI=1S/C17H27BrOS/c1-3-4-5-6-7-8-9-10-11-12-15(19)16-13-14(2)17(18)20-16/h13H,3-12H2,1-2H3. The van der Waals surface area contributed by atoms with Crippen LogP contribution in [-0.4, -0.2) is 5.78 Å². The van der Waals surface area contributed by atoms with Crippen LogP contribution in [0, 0.1) is 6.92 Å². The van der Waals surface area contributed by atoms with Crippen LogP contribution in [0.15, 0.2) is 9.85 Å². The van der Waals surface area contributed by atoms with Gasteiger partial charge in [-0.15, -0.1) is 11.3 Å². The Bertz CT molecular complexity index is 378. The number of unbranched alkanes of at least 4 members (excludes halogenated alkanes) is 8. The van der Waals surface area contributed by atoms with E-state index in [4.69, 9.17) is 0 Å². The van der Waals surface area contributed by atoms with Crippen molar-refractivity contribution in [1.82, 2.24) is 0 Å². The monoisotopic (exact) mass is 358 g/mol. The molecule has 0 fully saturated rings. The average molecular weight is 359 g/mol. The van der Waals surface area contributed by atoms with Gasteiger partial charge in [-0.3, -0.25) is 4.79 Å². The number of Topliss-reactive ketones (excluding diaryl/α,β-unsaturated/α-hetero) is 1. The molecule has 1 heterocycles. The molecule has 0 saturated carbocycles. The number of hydrogen-bond donors (Lipinski definition) is 0. The van der Waals surface area contributed by atoms with E-state index < -0.39 is 0 Å². The summed E-state index contributed by atoms with van der Waals surface area (Å²) < 4.78 is 1.09. The molecular weight excluding hydrogens is 332 g/mol. The van der Waals surface area contributed by atoms with Gasteiger partial charge in [-0.1, -0.05) is 58.3 Å². The first kappa shape index (κ1) is 17.9. The molecule has 0 atom stereocenters. The molecule has 0 amide bonds. The molecule has 0 aliphatic carbocycles. The number of aryl methyl sites for hydroxylation is 1. The lowest BCUT2D eigenvalue weighted by Crippen LogP contribution is -1.95. The highest BCUT2D eigenvalue weighted by Gasteiger charge is 2.10. The first-order valence-corrected chi connectivity index (χ1v) is 9.55. The summed E-state index contributed by atoms with van der Waals surface area (Å²) in [6, 6.07) is 2.00. The van der Waals surface area contributed by atoms with E-state index in [0.29, 0.717) is 12.2 Å². The van der Waals surface area contributed by atoms with Crippen molar-refractivity contribution < 1.29 is 4.79 Å². The van der Waals surface area contributed by atoms with Crippen molar-refractivity contribution in [1.29, 1.82) is 0 Å². The fraction of sp³-hybridized carbons (Fsp3) is 0.706. The summed E-state index contributed by atoms with van der Waals surface area (Å²) in [6.07, 6.45) is 12.4. The van der Waals surface area contributed by atoms with E-state index in [0.717, 1.165) is 15.1 Å². The van der Waals surface area contributed by atoms with Crippen LogP contribution in [0.25, 0.3) is 0 Å². The SMILES string of the molecule is CCCCCCCCCCCC(=O)c1cc(C)c(Br)s1. The number of ketones is 1. The molecule has 0 spiro atoms. The minimum atomic E-state index is 0.312. The summed E-state index contributed by atoms with van der Waals surface area (Å²) in [5.74, 6) is 0.312. The van der Waals surface area contributed by atoms with Crippen LogP contribution >= 0.6 is 27.3 Å². The number of carbonyl (C=O) groups excluding carboxylic acids is 1. The summed E-state index contributed by atoms with van der Waals surface area (Å²) in [5.41, 5.74) is 1.17. The Morgan fingerprint density at radius 1 is 1.05 bits per heavy atom. The average Bonchev–Trinajstić information content (AvgIpc) is 2.77. The van der Waals surface area contributed by atoms with Gasteiger partial charge < -0.3 is 0 Å². The van der Waals surface area contributed by atoms with Crippen LogP contribution in [0.1, 0.15) is 86.4 Å². The summed E-state index contributed by atoms with van der Waals surface area (Å²) in [4.78, 5) is 12.9. The van der Waals surface area contributed by atoms with Gasteiger partial charge in [-0.25, -0.2) is 0 Å². The summed E-state index contributed by atoms with van der Waals surface area (Å²) in [6.45, 7) is 4.29. The maximum Gasteiger partial charge on any atom is 0.172 e. The Kier molecular flexibility index (Phi) is 9.45. The van der Waals surface area contributed by atoms with Gasteiger partial charge in [0.05, 0.1) is 8.66 Å². The molecule has 0 aliphatic heterocycles. The lowest BCUT2D eigenvalue weighted by Gasteiger charge is -2.01. The molecule has 1 rings (SSSR count). The molecule has 0 N–H and O–H groups in total. The van der Waals surface area contributed by atoms with Gasteiger partial charge in [-0.05, 0) is 40.9 Å². The Hall–Kier alpha value is -0.150. The van der Waals surface area contributed by atoms with Gasteiger partial charge in [0.1, 0.15) is 0 Å². The Labute approximate surface area is 136 Å². The zero-order chi connectivity index (χ0) is 14.8. The molecule has 114 valence electrons. The van der Waals surface area contributed by atoms with E-state index in [1.807, 2.05) is 13.0 Å². The molecule has 0 aliphatic rings. The van der Waals surface area contributed by atoms with Crippen molar-refractivity contribution >= 4 is 33.0 Å². The number of carbonyl (C=O) groups is 1. The van der Waals surface area contributed by atoms with E-state index >= 15 is 0 Å². The third-order valence-electron chi connectivity index (χ3n) is 3.64. The maximum absolute atomic E-state index is 12.0. The first-order chi connectivity index (χ1) is 9.65. The molecule has 0 unspecified atom stereocenters. The highest BCUT2D eigenvalue weighted by atomic mass is 79.9. The largest absolute Gasteiger partial charge is 0.293 e. The maximum atomic E-state index is 12.0. The number of halogens is 1. The third kappa shape index (κ3) is 7.03. The van der Waals surface area contributed by atoms with E-state index in [9.17, 15) is 4.79 Å². The van der Waals surface area contributed by atoms with Crippen LogP contribution < -0.4 is 0 Å². The predicted molar refractivity (Wildman–Crippen MR) is 92.9 cm³/mol. The summed E-state index contributed by atoms with van der Waals surface area (Å²) >= 11 is 5.05. The van der Waals surface area contributed by atoms with Crippen LogP contribution in [0.5, 0.6) is 0 Å². The molecule has 0 saturated heterocycles. The van der Waals surface area contributed by atoms with Gasteiger partial charge in [0, 0.05) is 6.42 Å². The van der Waals surface area contributed by atoms with Crippen LogP contribution in [0.3, 0.4) is 0 Å². The van der Waals surface area contributed by atoms with Crippen LogP contribution in [0.2, 0.25) is 0 Å². The first-order valence-electron chi connectivity index (χ1n) is 7.94. The number of hydrogen-bond acceptors (Lipinski definition) is 2. The zero-order valence-electron chi connectivity index (χ0n) is 12.8. The van der Waals surface area contributed by atoms with E-state index in [1.54, 1.807) is 11.3 Å². The Morgan fingerprint density at radius 2 is 1.60 bits per heavy atom. The lowest BCUT2D eigenvalue weighted by atomic mass is 10.1. The second-order valence-corrected chi connectivity index (χ2v) is 7.94. The number of rotatable bonds is 11. The lowest BCUT2D eigenvalue weighted by molar-refractivity contribution is 0.0983. The molecule has 0 radical (unpaired) electrons. The molecule has 1 aromatic rings. The topological polar surface area (TPSA) is 17.1 Å². The zero-order valence-corrected chi connectivity index (χ0v) is 15.2. The Balaban J connectivity index is 2.02. The van der Waals surface area contributed by atoms with Gasteiger partial charge in [-0.2, -0.15) is 0 Å². The molecule has 0 aromatic carbocycles. The molecule has 3 heteroatoms. The highest BCUT2D eigenvalue weighted by Crippen LogP contribution is 2.28. The fourth-order valence-corrected chi connectivity index (χ4v) is 3.82.